The van der Waals surface area contributed by atoms with Crippen LogP contribution in [0.4, 0.5) is 5.13 Å². The summed E-state index contributed by atoms with van der Waals surface area (Å²) in [5.41, 5.74) is 7.48. The predicted molar refractivity (Wildman–Crippen MR) is 118 cm³/mol. The quantitative estimate of drug-likeness (QED) is 0.391. The van der Waals surface area contributed by atoms with Crippen molar-refractivity contribution in [1.29, 1.82) is 0 Å². The smallest absolute Gasteiger partial charge is 0.213 e. The largest absolute Gasteiger partial charge is 0.284 e. The molecule has 2 aromatic heterocycles. The van der Waals surface area contributed by atoms with E-state index in [2.05, 4.69) is 67.9 Å². The van der Waals surface area contributed by atoms with Gasteiger partial charge in [-0.3, -0.25) is 4.57 Å². The molecule has 0 aliphatic heterocycles. The van der Waals surface area contributed by atoms with E-state index in [-0.39, 0.29) is 0 Å². The minimum Gasteiger partial charge on any atom is -0.284 e. The van der Waals surface area contributed by atoms with Gasteiger partial charge in [-0.05, 0) is 29.8 Å². The van der Waals surface area contributed by atoms with Gasteiger partial charge in [0.15, 0.2) is 0 Å². The van der Waals surface area contributed by atoms with Crippen LogP contribution in [0.5, 0.6) is 0 Å². The number of thiazole rings is 2. The summed E-state index contributed by atoms with van der Waals surface area (Å²) in [6, 6.07) is 28.8. The number of hydrogen-bond donors (Lipinski definition) is 1. The molecule has 136 valence electrons. The average molecular weight is 401 g/mol. The van der Waals surface area contributed by atoms with Crippen molar-refractivity contribution in [2.24, 2.45) is 5.10 Å². The Hall–Kier alpha value is -3.22. The van der Waals surface area contributed by atoms with E-state index in [9.17, 15) is 0 Å². The fraction of sp³-hybridized carbons (Fsp3) is 0. The van der Waals surface area contributed by atoms with E-state index >= 15 is 0 Å². The summed E-state index contributed by atoms with van der Waals surface area (Å²) in [4.78, 5) is 5.47. The molecule has 0 saturated carbocycles. The Balaban J connectivity index is 1.61. The van der Waals surface area contributed by atoms with Gasteiger partial charge in [-0.25, -0.2) is 10.4 Å². The number of hydrogen-bond acceptors (Lipinski definition) is 5. The first-order valence-corrected chi connectivity index (χ1v) is 10.5. The standard InChI is InChI=1S/C22H16N4S2/c1-3-9-16(10-4-1)19-15-27-22(26(19)17-11-5-2-6-12-17)25-24-21-23-18-13-7-8-14-20(18)28-21/h1-15H,(H,23,24)/b25-22+. The molecule has 0 aliphatic carbocycles. The first-order valence-electron chi connectivity index (χ1n) is 8.85. The van der Waals surface area contributed by atoms with Crippen molar-refractivity contribution in [1.82, 2.24) is 9.55 Å². The highest BCUT2D eigenvalue weighted by atomic mass is 32.1. The molecule has 0 unspecified atom stereocenters. The summed E-state index contributed by atoms with van der Waals surface area (Å²) in [5.74, 6) is 0. The molecule has 0 atom stereocenters. The van der Waals surface area contributed by atoms with Crippen LogP contribution in [0, 0.1) is 0 Å². The molecule has 0 radical (unpaired) electrons. The van der Waals surface area contributed by atoms with E-state index in [1.54, 1.807) is 22.7 Å². The van der Waals surface area contributed by atoms with Crippen molar-refractivity contribution in [2.75, 3.05) is 5.43 Å². The number of benzene rings is 3. The zero-order valence-corrected chi connectivity index (χ0v) is 16.5. The van der Waals surface area contributed by atoms with E-state index in [0.717, 1.165) is 37.1 Å². The Morgan fingerprint density at radius 1 is 0.821 bits per heavy atom. The Labute approximate surface area is 170 Å². The van der Waals surface area contributed by atoms with E-state index < -0.39 is 0 Å². The average Bonchev–Trinajstić information content (AvgIpc) is 3.37. The molecule has 3 aromatic carbocycles. The molecule has 0 bridgehead atoms. The van der Waals surface area contributed by atoms with E-state index in [1.807, 2.05) is 42.5 Å². The van der Waals surface area contributed by atoms with Gasteiger partial charge in [-0.15, -0.1) is 16.4 Å². The zero-order valence-electron chi connectivity index (χ0n) is 14.8. The molecule has 5 aromatic rings. The lowest BCUT2D eigenvalue weighted by Gasteiger charge is -2.09. The van der Waals surface area contributed by atoms with Crippen LogP contribution >= 0.6 is 22.7 Å². The molecule has 2 heterocycles. The maximum Gasteiger partial charge on any atom is 0.213 e. The lowest BCUT2D eigenvalue weighted by atomic mass is 10.1. The van der Waals surface area contributed by atoms with Gasteiger partial charge in [0.2, 0.25) is 9.93 Å². The Morgan fingerprint density at radius 3 is 2.32 bits per heavy atom. The maximum absolute atomic E-state index is 4.67. The van der Waals surface area contributed by atoms with Crippen molar-refractivity contribution >= 4 is 38.0 Å². The van der Waals surface area contributed by atoms with Crippen LogP contribution in [0.1, 0.15) is 0 Å². The lowest BCUT2D eigenvalue weighted by molar-refractivity contribution is 0.991. The van der Waals surface area contributed by atoms with Crippen LogP contribution in [-0.4, -0.2) is 9.55 Å². The van der Waals surface area contributed by atoms with Crippen LogP contribution in [-0.2, 0) is 0 Å². The molecule has 4 nitrogen and oxygen atoms in total. The Kier molecular flexibility index (Phi) is 4.48. The molecule has 0 spiro atoms. The third-order valence-electron chi connectivity index (χ3n) is 4.33. The monoisotopic (exact) mass is 400 g/mol. The molecule has 6 heteroatoms. The summed E-state index contributed by atoms with van der Waals surface area (Å²) in [5, 5.41) is 7.60. The zero-order chi connectivity index (χ0) is 18.8. The van der Waals surface area contributed by atoms with Crippen molar-refractivity contribution in [3.63, 3.8) is 0 Å². The van der Waals surface area contributed by atoms with Gasteiger partial charge < -0.3 is 0 Å². The number of para-hydroxylation sites is 2. The van der Waals surface area contributed by atoms with E-state index in [4.69, 9.17) is 0 Å². The summed E-state index contributed by atoms with van der Waals surface area (Å²) >= 11 is 3.20. The summed E-state index contributed by atoms with van der Waals surface area (Å²) in [6.07, 6.45) is 0. The number of rotatable bonds is 4. The third-order valence-corrected chi connectivity index (χ3v) is 6.10. The summed E-state index contributed by atoms with van der Waals surface area (Å²) in [6.45, 7) is 0. The van der Waals surface area contributed by atoms with Crippen molar-refractivity contribution in [3.05, 3.63) is 95.1 Å². The SMILES string of the molecule is c1ccc(-c2cs/c(=N/Nc3nc4ccccc4s3)n2-c2ccccc2)cc1. The topological polar surface area (TPSA) is 42.2 Å². The number of aromatic nitrogens is 2. The van der Waals surface area contributed by atoms with E-state index in [1.165, 1.54) is 0 Å². The normalized spacial score (nSPS) is 11.8. The van der Waals surface area contributed by atoms with Crippen molar-refractivity contribution in [2.45, 2.75) is 0 Å². The van der Waals surface area contributed by atoms with Crippen molar-refractivity contribution in [3.8, 4) is 16.9 Å². The fourth-order valence-corrected chi connectivity index (χ4v) is 4.72. The first-order chi connectivity index (χ1) is 13.9. The molecule has 0 aliphatic rings. The highest BCUT2D eigenvalue weighted by Crippen LogP contribution is 2.26. The predicted octanol–water partition coefficient (Wildman–Crippen LogP) is 5.74. The molecule has 0 amide bonds. The molecular formula is C22H16N4S2. The third kappa shape index (κ3) is 3.24. The van der Waals surface area contributed by atoms with Crippen LogP contribution in [0.2, 0.25) is 0 Å². The lowest BCUT2D eigenvalue weighted by Crippen LogP contribution is -2.15. The van der Waals surface area contributed by atoms with Gasteiger partial charge in [0, 0.05) is 11.1 Å². The van der Waals surface area contributed by atoms with Crippen LogP contribution in [0.3, 0.4) is 0 Å². The fourth-order valence-electron chi connectivity index (χ4n) is 3.04. The maximum atomic E-state index is 4.67. The van der Waals surface area contributed by atoms with Gasteiger partial charge in [-0.1, -0.05) is 72.0 Å². The van der Waals surface area contributed by atoms with Crippen LogP contribution in [0.15, 0.2) is 95.4 Å². The highest BCUT2D eigenvalue weighted by Gasteiger charge is 2.10. The second-order valence-corrected chi connectivity index (χ2v) is 8.02. The van der Waals surface area contributed by atoms with E-state index in [0.29, 0.717) is 0 Å². The first kappa shape index (κ1) is 16.9. The molecule has 1 N–H and O–H groups in total. The molecule has 5 rings (SSSR count). The second kappa shape index (κ2) is 7.42. The minimum atomic E-state index is 0.787. The minimum absolute atomic E-state index is 0.787. The number of nitrogens with zero attached hydrogens (tertiary/aromatic N) is 3. The van der Waals surface area contributed by atoms with Gasteiger partial charge in [0.05, 0.1) is 15.9 Å². The van der Waals surface area contributed by atoms with Crippen LogP contribution in [0.25, 0.3) is 27.2 Å². The summed E-state index contributed by atoms with van der Waals surface area (Å²) < 4.78 is 3.31. The highest BCUT2D eigenvalue weighted by molar-refractivity contribution is 7.22. The number of anilines is 1. The molecule has 28 heavy (non-hydrogen) atoms. The molecule has 0 saturated heterocycles. The molecular weight excluding hydrogens is 384 g/mol. The van der Waals surface area contributed by atoms with Gasteiger partial charge in [-0.2, -0.15) is 0 Å². The molecule has 0 fully saturated rings. The second-order valence-electron chi connectivity index (χ2n) is 6.15. The van der Waals surface area contributed by atoms with Gasteiger partial charge >= 0.3 is 0 Å². The Bertz CT molecular complexity index is 1250. The number of fused-ring (bicyclic) bond motifs is 1. The number of nitrogens with one attached hydrogen (secondary N) is 1. The van der Waals surface area contributed by atoms with Crippen LogP contribution < -0.4 is 10.2 Å². The summed E-state index contributed by atoms with van der Waals surface area (Å²) in [7, 11) is 0. The van der Waals surface area contributed by atoms with Crippen molar-refractivity contribution < 1.29 is 0 Å². The Morgan fingerprint density at radius 2 is 1.54 bits per heavy atom. The van der Waals surface area contributed by atoms with Gasteiger partial charge in [0.1, 0.15) is 0 Å². The van der Waals surface area contributed by atoms with Gasteiger partial charge in [0.25, 0.3) is 0 Å².